The number of hydrogen-bond acceptors (Lipinski definition) is 6. The molecular formula is C18H16ClN3O5S2. The fourth-order valence-corrected chi connectivity index (χ4v) is 4.48. The normalized spacial score (nSPS) is 12.3. The molecule has 29 heavy (non-hydrogen) atoms. The van der Waals surface area contributed by atoms with Gasteiger partial charge in [0.2, 0.25) is 10.0 Å². The van der Waals surface area contributed by atoms with Gasteiger partial charge in [-0.2, -0.15) is 4.99 Å². The lowest BCUT2D eigenvalue weighted by atomic mass is 10.2. The predicted octanol–water partition coefficient (Wildman–Crippen LogP) is 2.31. The molecule has 0 saturated heterocycles. The number of aromatic nitrogens is 1. The topological polar surface area (TPSA) is 121 Å². The molecule has 0 aliphatic heterocycles. The number of esters is 1. The van der Waals surface area contributed by atoms with Crippen LogP contribution in [0.25, 0.3) is 10.2 Å². The van der Waals surface area contributed by atoms with Gasteiger partial charge in [-0.15, -0.1) is 0 Å². The lowest BCUT2D eigenvalue weighted by Gasteiger charge is -2.05. The molecule has 0 atom stereocenters. The molecule has 0 radical (unpaired) electrons. The van der Waals surface area contributed by atoms with E-state index in [0.29, 0.717) is 10.2 Å². The molecule has 0 fully saturated rings. The third kappa shape index (κ3) is 4.73. The highest BCUT2D eigenvalue weighted by Crippen LogP contribution is 2.22. The lowest BCUT2D eigenvalue weighted by Crippen LogP contribution is -2.23. The number of sulfonamides is 1. The fourth-order valence-electron chi connectivity index (χ4n) is 2.59. The van der Waals surface area contributed by atoms with Gasteiger partial charge in [0.15, 0.2) is 4.80 Å². The highest BCUT2D eigenvalue weighted by Gasteiger charge is 2.16. The molecule has 0 spiro atoms. The Hall–Kier alpha value is -2.53. The number of nitrogens with zero attached hydrogens (tertiary/aromatic N) is 2. The molecule has 8 nitrogen and oxygen atoms in total. The number of benzene rings is 2. The van der Waals surface area contributed by atoms with Crippen molar-refractivity contribution in [3.63, 3.8) is 0 Å². The average Bonchev–Trinajstić information content (AvgIpc) is 2.98. The van der Waals surface area contributed by atoms with Crippen LogP contribution in [0.2, 0.25) is 5.02 Å². The van der Waals surface area contributed by atoms with E-state index in [9.17, 15) is 18.0 Å². The van der Waals surface area contributed by atoms with Gasteiger partial charge in [0.25, 0.3) is 5.91 Å². The third-order valence-corrected chi connectivity index (χ3v) is 6.16. The summed E-state index contributed by atoms with van der Waals surface area (Å²) in [7, 11) is -3.91. The SMILES string of the molecule is CCOC(=O)Cn1c(=NC(=O)c2ccccc2Cl)sc2cc(S(N)(=O)=O)ccc21. The van der Waals surface area contributed by atoms with Gasteiger partial charge in [0, 0.05) is 0 Å². The summed E-state index contributed by atoms with van der Waals surface area (Å²) in [6.45, 7) is 1.68. The van der Waals surface area contributed by atoms with E-state index < -0.39 is 21.9 Å². The number of amides is 1. The van der Waals surface area contributed by atoms with Crippen molar-refractivity contribution in [1.82, 2.24) is 4.57 Å². The minimum atomic E-state index is -3.91. The summed E-state index contributed by atoms with van der Waals surface area (Å²) in [5.41, 5.74) is 0.723. The summed E-state index contributed by atoms with van der Waals surface area (Å²) in [5.74, 6) is -1.11. The maximum absolute atomic E-state index is 12.6. The fraction of sp³-hybridized carbons (Fsp3) is 0.167. The van der Waals surface area contributed by atoms with Gasteiger partial charge < -0.3 is 9.30 Å². The molecule has 3 rings (SSSR count). The van der Waals surface area contributed by atoms with Gasteiger partial charge in [-0.1, -0.05) is 35.1 Å². The van der Waals surface area contributed by atoms with Crippen molar-refractivity contribution in [3.8, 4) is 0 Å². The van der Waals surface area contributed by atoms with Crippen LogP contribution >= 0.6 is 22.9 Å². The second-order valence-electron chi connectivity index (χ2n) is 5.85. The van der Waals surface area contributed by atoms with E-state index in [1.165, 1.54) is 28.8 Å². The number of thiazole rings is 1. The van der Waals surface area contributed by atoms with E-state index in [1.807, 2.05) is 0 Å². The first-order valence-corrected chi connectivity index (χ1v) is 11.1. The monoisotopic (exact) mass is 453 g/mol. The van der Waals surface area contributed by atoms with E-state index in [4.69, 9.17) is 21.5 Å². The summed E-state index contributed by atoms with van der Waals surface area (Å²) in [5, 5.41) is 5.44. The van der Waals surface area contributed by atoms with Gasteiger partial charge in [-0.05, 0) is 37.3 Å². The Labute approximate surface area is 175 Å². The van der Waals surface area contributed by atoms with Crippen LogP contribution in [0.4, 0.5) is 0 Å². The van der Waals surface area contributed by atoms with E-state index in [-0.39, 0.29) is 33.4 Å². The van der Waals surface area contributed by atoms with Crippen molar-refractivity contribution in [2.75, 3.05) is 6.61 Å². The van der Waals surface area contributed by atoms with Crippen molar-refractivity contribution in [2.45, 2.75) is 18.4 Å². The molecule has 0 bridgehead atoms. The number of carbonyl (C=O) groups excluding carboxylic acids is 2. The lowest BCUT2D eigenvalue weighted by molar-refractivity contribution is -0.143. The molecule has 0 unspecified atom stereocenters. The minimum Gasteiger partial charge on any atom is -0.465 e. The summed E-state index contributed by atoms with van der Waals surface area (Å²) < 4.78 is 30.2. The molecule has 0 aliphatic carbocycles. The van der Waals surface area contributed by atoms with Gasteiger partial charge in [-0.3, -0.25) is 9.59 Å². The maximum atomic E-state index is 12.6. The van der Waals surface area contributed by atoms with Crippen LogP contribution in [-0.4, -0.2) is 31.5 Å². The van der Waals surface area contributed by atoms with Crippen LogP contribution in [0.5, 0.6) is 0 Å². The van der Waals surface area contributed by atoms with Gasteiger partial charge in [0.05, 0.1) is 32.3 Å². The minimum absolute atomic E-state index is 0.0847. The standard InChI is InChI=1S/C18H16ClN3O5S2/c1-2-27-16(23)10-22-14-8-7-11(29(20,25)26)9-15(14)28-18(22)21-17(24)12-5-3-4-6-13(12)19/h3-9H,2,10H2,1H3,(H2,20,25,26). The number of halogens is 1. The van der Waals surface area contributed by atoms with Gasteiger partial charge >= 0.3 is 5.97 Å². The molecule has 2 aromatic carbocycles. The summed E-state index contributed by atoms with van der Waals surface area (Å²) >= 11 is 7.11. The molecule has 0 aliphatic rings. The van der Waals surface area contributed by atoms with Crippen LogP contribution < -0.4 is 9.94 Å². The average molecular weight is 454 g/mol. The van der Waals surface area contributed by atoms with E-state index >= 15 is 0 Å². The van der Waals surface area contributed by atoms with E-state index in [1.54, 1.807) is 25.1 Å². The van der Waals surface area contributed by atoms with Crippen LogP contribution in [0.15, 0.2) is 52.4 Å². The maximum Gasteiger partial charge on any atom is 0.326 e. The van der Waals surface area contributed by atoms with Gasteiger partial charge in [-0.25, -0.2) is 13.6 Å². The number of carbonyl (C=O) groups is 2. The molecule has 1 aromatic heterocycles. The molecular weight excluding hydrogens is 438 g/mol. The number of primary sulfonamides is 1. The number of ether oxygens (including phenoxy) is 1. The quantitative estimate of drug-likeness (QED) is 0.594. The molecule has 11 heteroatoms. The predicted molar refractivity (Wildman–Crippen MR) is 109 cm³/mol. The van der Waals surface area contributed by atoms with Crippen molar-refractivity contribution in [2.24, 2.45) is 10.1 Å². The molecule has 0 saturated carbocycles. The first-order chi connectivity index (χ1) is 13.7. The van der Waals surface area contributed by atoms with Crippen molar-refractivity contribution < 1.29 is 22.7 Å². The van der Waals surface area contributed by atoms with Crippen molar-refractivity contribution >= 4 is 55.1 Å². The Bertz CT molecular complexity index is 1280. The van der Waals surface area contributed by atoms with Crippen LogP contribution in [0, 0.1) is 0 Å². The Balaban J connectivity index is 2.19. The highest BCUT2D eigenvalue weighted by molar-refractivity contribution is 7.89. The summed E-state index contributed by atoms with van der Waals surface area (Å²) in [4.78, 5) is 28.9. The first-order valence-electron chi connectivity index (χ1n) is 8.36. The number of hydrogen-bond donors (Lipinski definition) is 1. The van der Waals surface area contributed by atoms with E-state index in [2.05, 4.69) is 4.99 Å². The Morgan fingerprint density at radius 3 is 2.62 bits per heavy atom. The number of nitrogens with two attached hydrogens (primary N) is 1. The third-order valence-electron chi connectivity index (χ3n) is 3.88. The van der Waals surface area contributed by atoms with Crippen LogP contribution in [0.1, 0.15) is 17.3 Å². The van der Waals surface area contributed by atoms with Crippen LogP contribution in [0.3, 0.4) is 0 Å². The highest BCUT2D eigenvalue weighted by atomic mass is 35.5. The molecule has 1 heterocycles. The van der Waals surface area contributed by atoms with Crippen molar-refractivity contribution in [1.29, 1.82) is 0 Å². The Kier molecular flexibility index (Phi) is 6.18. The second-order valence-corrected chi connectivity index (χ2v) is 8.82. The summed E-state index contributed by atoms with van der Waals surface area (Å²) in [6.07, 6.45) is 0. The molecule has 1 amide bonds. The molecule has 3 aromatic rings. The molecule has 152 valence electrons. The Morgan fingerprint density at radius 2 is 1.97 bits per heavy atom. The largest absolute Gasteiger partial charge is 0.465 e. The van der Waals surface area contributed by atoms with Crippen molar-refractivity contribution in [3.05, 3.63) is 57.9 Å². The van der Waals surface area contributed by atoms with Gasteiger partial charge in [0.1, 0.15) is 6.54 Å². The number of fused-ring (bicyclic) bond motifs is 1. The number of rotatable bonds is 5. The zero-order valence-corrected chi connectivity index (χ0v) is 17.6. The first kappa shape index (κ1) is 21.2. The Morgan fingerprint density at radius 1 is 1.24 bits per heavy atom. The zero-order chi connectivity index (χ0) is 21.2. The van der Waals surface area contributed by atoms with E-state index in [0.717, 1.165) is 11.3 Å². The second kappa shape index (κ2) is 8.46. The molecule has 2 N–H and O–H groups in total. The zero-order valence-electron chi connectivity index (χ0n) is 15.2. The van der Waals surface area contributed by atoms with Crippen LogP contribution in [-0.2, 0) is 26.1 Å². The smallest absolute Gasteiger partial charge is 0.326 e. The summed E-state index contributed by atoms with van der Waals surface area (Å²) in [6, 6.07) is 10.7.